The van der Waals surface area contributed by atoms with Crippen molar-refractivity contribution in [3.05, 3.63) is 0 Å². The molecule has 0 aliphatic heterocycles. The van der Waals surface area contributed by atoms with Crippen LogP contribution in [0.4, 0.5) is 0 Å². The van der Waals surface area contributed by atoms with Gasteiger partial charge in [0.05, 0.1) is 25.4 Å². The quantitative estimate of drug-likeness (QED) is 0.0417. The second-order valence-electron chi connectivity index (χ2n) is 29.2. The van der Waals surface area contributed by atoms with Crippen molar-refractivity contribution < 1.29 is 24.5 Å². The summed E-state index contributed by atoms with van der Waals surface area (Å²) in [5.74, 6) is 0.00397. The van der Waals surface area contributed by atoms with Crippen LogP contribution in [0.15, 0.2) is 0 Å². The topological polar surface area (TPSA) is 95.9 Å². The largest absolute Gasteiger partial charge is 0.466 e. The molecule has 0 saturated heterocycles. The lowest BCUT2D eigenvalue weighted by molar-refractivity contribution is -0.143. The fraction of sp³-hybridized carbons (Fsp3) is 0.976. The number of rotatable bonds is 80. The molecule has 89 heavy (non-hydrogen) atoms. The monoisotopic (exact) mass is 1260 g/mol. The van der Waals surface area contributed by atoms with Gasteiger partial charge in [0.2, 0.25) is 5.91 Å². The maximum Gasteiger partial charge on any atom is 0.305 e. The van der Waals surface area contributed by atoms with Gasteiger partial charge >= 0.3 is 5.97 Å². The Morgan fingerprint density at radius 3 is 0.685 bits per heavy atom. The Hall–Kier alpha value is -1.14. The van der Waals surface area contributed by atoms with Gasteiger partial charge in [-0.05, 0) is 25.7 Å². The van der Waals surface area contributed by atoms with Crippen LogP contribution in [0.1, 0.15) is 495 Å². The summed E-state index contributed by atoms with van der Waals surface area (Å²) in [6, 6.07) is -0.538. The second-order valence-corrected chi connectivity index (χ2v) is 29.2. The fourth-order valence-electron chi connectivity index (χ4n) is 13.8. The van der Waals surface area contributed by atoms with Crippen LogP contribution in [0.5, 0.6) is 0 Å². The first-order chi connectivity index (χ1) is 44.0. The number of hydrogen-bond acceptors (Lipinski definition) is 5. The maximum atomic E-state index is 12.6. The molecule has 3 N–H and O–H groups in total. The number of unbranched alkanes of at least 4 members (excludes halogenated alkanes) is 69. The smallest absolute Gasteiger partial charge is 0.305 e. The third kappa shape index (κ3) is 75.8. The molecular formula is C83H165NO5. The molecule has 2 atom stereocenters. The fourth-order valence-corrected chi connectivity index (χ4v) is 13.8. The molecule has 0 rings (SSSR count). The number of ether oxygens (including phenoxy) is 1. The van der Waals surface area contributed by atoms with Crippen molar-refractivity contribution in [3.63, 3.8) is 0 Å². The summed E-state index contributed by atoms with van der Waals surface area (Å²) in [6.07, 6.45) is 99.3. The second kappa shape index (κ2) is 79.3. The van der Waals surface area contributed by atoms with Crippen LogP contribution in [-0.4, -0.2) is 47.4 Å². The zero-order valence-corrected chi connectivity index (χ0v) is 61.2. The van der Waals surface area contributed by atoms with Crippen molar-refractivity contribution in [2.75, 3.05) is 13.2 Å². The third-order valence-electron chi connectivity index (χ3n) is 20.2. The summed E-state index contributed by atoms with van der Waals surface area (Å²) in [7, 11) is 0. The normalized spacial score (nSPS) is 12.4. The number of carbonyl (C=O) groups excluding carboxylic acids is 2. The van der Waals surface area contributed by atoms with Crippen LogP contribution < -0.4 is 5.32 Å². The zero-order valence-electron chi connectivity index (χ0n) is 61.2. The van der Waals surface area contributed by atoms with E-state index in [2.05, 4.69) is 19.2 Å². The lowest BCUT2D eigenvalue weighted by Gasteiger charge is -2.22. The van der Waals surface area contributed by atoms with E-state index < -0.39 is 12.1 Å². The third-order valence-corrected chi connectivity index (χ3v) is 20.2. The lowest BCUT2D eigenvalue weighted by Crippen LogP contribution is -2.45. The van der Waals surface area contributed by atoms with Crippen molar-refractivity contribution in [2.45, 2.75) is 508 Å². The Labute approximate surface area is 559 Å². The number of aliphatic hydroxyl groups is 2. The first-order valence-electron chi connectivity index (χ1n) is 41.8. The maximum absolute atomic E-state index is 12.6. The number of nitrogens with one attached hydrogen (secondary N) is 1. The van der Waals surface area contributed by atoms with E-state index >= 15 is 0 Å². The number of hydrogen-bond donors (Lipinski definition) is 3. The Morgan fingerprint density at radius 1 is 0.270 bits per heavy atom. The molecule has 0 spiro atoms. The first kappa shape index (κ1) is 87.9. The van der Waals surface area contributed by atoms with Gasteiger partial charge in [-0.15, -0.1) is 0 Å². The minimum Gasteiger partial charge on any atom is -0.466 e. The van der Waals surface area contributed by atoms with Crippen LogP contribution in [0, 0.1) is 0 Å². The average molecular weight is 1260 g/mol. The SMILES string of the molecule is CCCCCCCCCCCCCCCCCCCCCCCCC(O)C(CO)NC(=O)CCCCCCCCCCCCCCCCCCCCCCCCCCCCCCCCCCCCCOC(=O)CCCCCCCCCCCCCCCCC. The Kier molecular flexibility index (Phi) is 78.3. The number of amides is 1. The molecule has 0 aliphatic carbocycles. The predicted octanol–water partition coefficient (Wildman–Crippen LogP) is 27.7. The Balaban J connectivity index is 3.30. The van der Waals surface area contributed by atoms with Crippen LogP contribution in [-0.2, 0) is 14.3 Å². The van der Waals surface area contributed by atoms with Gasteiger partial charge in [-0.2, -0.15) is 0 Å². The van der Waals surface area contributed by atoms with Crippen molar-refractivity contribution >= 4 is 11.9 Å². The van der Waals surface area contributed by atoms with Crippen molar-refractivity contribution in [1.29, 1.82) is 0 Å². The van der Waals surface area contributed by atoms with Crippen LogP contribution >= 0.6 is 0 Å². The van der Waals surface area contributed by atoms with Crippen LogP contribution in [0.25, 0.3) is 0 Å². The van der Waals surface area contributed by atoms with Gasteiger partial charge in [0, 0.05) is 12.8 Å². The van der Waals surface area contributed by atoms with E-state index in [-0.39, 0.29) is 18.5 Å². The van der Waals surface area contributed by atoms with E-state index in [1.54, 1.807) is 0 Å². The van der Waals surface area contributed by atoms with Gasteiger partial charge in [0.25, 0.3) is 0 Å². The van der Waals surface area contributed by atoms with Gasteiger partial charge in [-0.1, -0.05) is 457 Å². The Morgan fingerprint density at radius 2 is 0.461 bits per heavy atom. The van der Waals surface area contributed by atoms with Crippen molar-refractivity contribution in [2.24, 2.45) is 0 Å². The van der Waals surface area contributed by atoms with Gasteiger partial charge in [-0.3, -0.25) is 9.59 Å². The molecule has 2 unspecified atom stereocenters. The van der Waals surface area contributed by atoms with E-state index in [4.69, 9.17) is 4.74 Å². The molecule has 0 heterocycles. The van der Waals surface area contributed by atoms with Crippen LogP contribution in [0.2, 0.25) is 0 Å². The molecule has 6 nitrogen and oxygen atoms in total. The van der Waals surface area contributed by atoms with Gasteiger partial charge in [-0.25, -0.2) is 0 Å². The molecule has 0 aromatic rings. The standard InChI is InChI=1S/C83H165NO5/c1-3-5-7-9-11-13-15-17-19-20-21-22-38-41-44-48-51-55-59-63-67-71-75-81(86)80(79-85)84-82(87)76-72-68-64-60-56-52-49-45-42-39-36-34-32-30-28-26-24-23-25-27-29-31-33-35-37-40-43-46-50-54-58-62-66-70-74-78-89-83(88)77-73-69-65-61-57-53-47-18-16-14-12-10-8-6-4-2/h80-81,85-86H,3-79H2,1-2H3,(H,84,87). The highest BCUT2D eigenvalue weighted by Gasteiger charge is 2.20. The summed E-state index contributed by atoms with van der Waals surface area (Å²) in [6.45, 7) is 5.02. The molecule has 0 fully saturated rings. The van der Waals surface area contributed by atoms with Gasteiger partial charge in [0.1, 0.15) is 0 Å². The molecule has 1 amide bonds. The summed E-state index contributed by atoms with van der Waals surface area (Å²) in [4.78, 5) is 24.7. The predicted molar refractivity (Wildman–Crippen MR) is 394 cm³/mol. The number of aliphatic hydroxyl groups excluding tert-OH is 2. The zero-order chi connectivity index (χ0) is 64.2. The van der Waals surface area contributed by atoms with E-state index in [0.29, 0.717) is 25.9 Å². The summed E-state index contributed by atoms with van der Waals surface area (Å²) in [5.41, 5.74) is 0. The highest BCUT2D eigenvalue weighted by molar-refractivity contribution is 5.76. The molecule has 532 valence electrons. The van der Waals surface area contributed by atoms with Gasteiger partial charge in [0.15, 0.2) is 0 Å². The molecular weight excluding hydrogens is 1090 g/mol. The van der Waals surface area contributed by atoms with E-state index in [1.165, 1.54) is 424 Å². The summed E-state index contributed by atoms with van der Waals surface area (Å²) < 4.78 is 5.51. The lowest BCUT2D eigenvalue weighted by atomic mass is 10.0. The first-order valence-corrected chi connectivity index (χ1v) is 41.8. The number of carbonyl (C=O) groups is 2. The molecule has 0 aromatic heterocycles. The number of esters is 1. The van der Waals surface area contributed by atoms with E-state index in [1.807, 2.05) is 0 Å². The van der Waals surface area contributed by atoms with Crippen molar-refractivity contribution in [1.82, 2.24) is 5.32 Å². The highest BCUT2D eigenvalue weighted by atomic mass is 16.5. The molecule has 0 radical (unpaired) electrons. The molecule has 6 heteroatoms. The minimum atomic E-state index is -0.661. The molecule has 0 aromatic carbocycles. The summed E-state index contributed by atoms with van der Waals surface area (Å²) in [5, 5.41) is 23.5. The minimum absolute atomic E-state index is 0.0231. The average Bonchev–Trinajstić information content (AvgIpc) is 3.57. The molecule has 0 aliphatic rings. The molecule has 0 saturated carbocycles. The van der Waals surface area contributed by atoms with E-state index in [0.717, 1.165) is 38.5 Å². The van der Waals surface area contributed by atoms with E-state index in [9.17, 15) is 19.8 Å². The van der Waals surface area contributed by atoms with Crippen molar-refractivity contribution in [3.8, 4) is 0 Å². The Bertz CT molecular complexity index is 1310. The van der Waals surface area contributed by atoms with Gasteiger partial charge < -0.3 is 20.3 Å². The van der Waals surface area contributed by atoms with Crippen LogP contribution in [0.3, 0.4) is 0 Å². The molecule has 0 bridgehead atoms. The highest BCUT2D eigenvalue weighted by Crippen LogP contribution is 2.21. The summed E-state index contributed by atoms with van der Waals surface area (Å²) >= 11 is 0.